The summed E-state index contributed by atoms with van der Waals surface area (Å²) < 4.78 is 73.5. The minimum Gasteiger partial charge on any atom is -0.508 e. The lowest BCUT2D eigenvalue weighted by molar-refractivity contribution is -0.137. The van der Waals surface area contributed by atoms with Crippen molar-refractivity contribution in [3.8, 4) is 11.5 Å². The van der Waals surface area contributed by atoms with Gasteiger partial charge < -0.3 is 9.84 Å². The van der Waals surface area contributed by atoms with E-state index in [1.807, 2.05) is 0 Å². The standard InChI is InChI=1S/C23H22F3NO4S/c1-16(2)27(32(29,30)20-11-9-19(28)10-12-20)21-13-8-18(23(24,25)26)14-22(21)31-15-17-6-4-3-5-7-17/h3-14,16,28H,15H2,1-2H3. The lowest BCUT2D eigenvalue weighted by Crippen LogP contribution is -2.37. The summed E-state index contributed by atoms with van der Waals surface area (Å²) in [6, 6.07) is 15.8. The minimum absolute atomic E-state index is 0.0167. The van der Waals surface area contributed by atoms with Crippen LogP contribution < -0.4 is 9.04 Å². The molecular formula is C23H22F3NO4S. The maximum Gasteiger partial charge on any atom is 0.416 e. The fourth-order valence-corrected chi connectivity index (χ4v) is 4.81. The lowest BCUT2D eigenvalue weighted by Gasteiger charge is -2.30. The highest BCUT2D eigenvalue weighted by Gasteiger charge is 2.34. The molecule has 0 atom stereocenters. The Bertz CT molecular complexity index is 1160. The molecule has 0 spiro atoms. The van der Waals surface area contributed by atoms with E-state index in [2.05, 4.69) is 0 Å². The maximum absolute atomic E-state index is 13.4. The van der Waals surface area contributed by atoms with E-state index in [4.69, 9.17) is 4.74 Å². The highest BCUT2D eigenvalue weighted by Crippen LogP contribution is 2.40. The Balaban J connectivity index is 2.10. The number of hydrogen-bond donors (Lipinski definition) is 1. The van der Waals surface area contributed by atoms with E-state index >= 15 is 0 Å². The highest BCUT2D eigenvalue weighted by atomic mass is 32.2. The third kappa shape index (κ3) is 5.16. The minimum atomic E-state index is -4.62. The molecular weight excluding hydrogens is 443 g/mol. The summed E-state index contributed by atoms with van der Waals surface area (Å²) in [5.74, 6) is -0.318. The second-order valence-electron chi connectivity index (χ2n) is 7.34. The SMILES string of the molecule is CC(C)N(c1ccc(C(F)(F)F)cc1OCc1ccccc1)S(=O)(=O)c1ccc(O)cc1. The van der Waals surface area contributed by atoms with Crippen molar-refractivity contribution < 1.29 is 31.4 Å². The molecule has 0 aliphatic heterocycles. The molecule has 3 rings (SSSR count). The van der Waals surface area contributed by atoms with E-state index in [0.717, 1.165) is 22.5 Å². The topological polar surface area (TPSA) is 66.8 Å². The van der Waals surface area contributed by atoms with Crippen LogP contribution in [-0.4, -0.2) is 19.6 Å². The maximum atomic E-state index is 13.4. The first kappa shape index (κ1) is 23.5. The van der Waals surface area contributed by atoms with Crippen molar-refractivity contribution in [1.82, 2.24) is 0 Å². The molecule has 32 heavy (non-hydrogen) atoms. The van der Waals surface area contributed by atoms with Crippen LogP contribution in [0.5, 0.6) is 11.5 Å². The molecule has 0 unspecified atom stereocenters. The van der Waals surface area contributed by atoms with Gasteiger partial charge in [0.2, 0.25) is 0 Å². The average molecular weight is 465 g/mol. The van der Waals surface area contributed by atoms with Crippen LogP contribution in [0, 0.1) is 0 Å². The van der Waals surface area contributed by atoms with Crippen molar-refractivity contribution in [2.75, 3.05) is 4.31 Å². The molecule has 0 aromatic heterocycles. The van der Waals surface area contributed by atoms with E-state index in [9.17, 15) is 26.7 Å². The van der Waals surface area contributed by atoms with Gasteiger partial charge in [-0.2, -0.15) is 13.2 Å². The van der Waals surface area contributed by atoms with Gasteiger partial charge in [-0.05, 0) is 61.9 Å². The van der Waals surface area contributed by atoms with Crippen molar-refractivity contribution >= 4 is 15.7 Å². The normalized spacial score (nSPS) is 12.1. The first-order valence-electron chi connectivity index (χ1n) is 9.71. The van der Waals surface area contributed by atoms with E-state index in [1.165, 1.54) is 24.3 Å². The van der Waals surface area contributed by atoms with Gasteiger partial charge in [-0.3, -0.25) is 4.31 Å². The van der Waals surface area contributed by atoms with Crippen LogP contribution >= 0.6 is 0 Å². The van der Waals surface area contributed by atoms with Gasteiger partial charge in [-0.1, -0.05) is 30.3 Å². The van der Waals surface area contributed by atoms with Crippen LogP contribution in [0.2, 0.25) is 0 Å². The highest BCUT2D eigenvalue weighted by molar-refractivity contribution is 7.92. The molecule has 9 heteroatoms. The van der Waals surface area contributed by atoms with Gasteiger partial charge >= 0.3 is 6.18 Å². The zero-order valence-electron chi connectivity index (χ0n) is 17.4. The fraction of sp³-hybridized carbons (Fsp3) is 0.217. The molecule has 170 valence electrons. The van der Waals surface area contributed by atoms with Crippen molar-refractivity contribution in [2.24, 2.45) is 0 Å². The Hall–Kier alpha value is -3.20. The van der Waals surface area contributed by atoms with Crippen LogP contribution in [0.1, 0.15) is 25.0 Å². The molecule has 0 heterocycles. The number of aromatic hydroxyl groups is 1. The predicted octanol–water partition coefficient (Wildman–Crippen LogP) is 5.59. The zero-order valence-corrected chi connectivity index (χ0v) is 18.2. The number of hydrogen-bond acceptors (Lipinski definition) is 4. The van der Waals surface area contributed by atoms with Crippen LogP contribution in [0.25, 0.3) is 0 Å². The molecule has 0 radical (unpaired) electrons. The van der Waals surface area contributed by atoms with Crippen molar-refractivity contribution in [3.63, 3.8) is 0 Å². The molecule has 1 N–H and O–H groups in total. The first-order chi connectivity index (χ1) is 15.0. The average Bonchev–Trinajstić information content (AvgIpc) is 2.73. The van der Waals surface area contributed by atoms with Crippen LogP contribution in [0.15, 0.2) is 77.7 Å². The Morgan fingerprint density at radius 2 is 1.59 bits per heavy atom. The van der Waals surface area contributed by atoms with Gasteiger partial charge in [0, 0.05) is 6.04 Å². The van der Waals surface area contributed by atoms with Gasteiger partial charge in [0.25, 0.3) is 10.0 Å². The van der Waals surface area contributed by atoms with Gasteiger partial charge in [0.05, 0.1) is 16.1 Å². The molecule has 0 aliphatic carbocycles. The fourth-order valence-electron chi connectivity index (χ4n) is 3.14. The Morgan fingerprint density at radius 1 is 0.969 bits per heavy atom. The van der Waals surface area contributed by atoms with Gasteiger partial charge in [-0.25, -0.2) is 8.42 Å². The van der Waals surface area contributed by atoms with Gasteiger partial charge in [0.15, 0.2) is 0 Å². The Kier molecular flexibility index (Phi) is 6.68. The number of phenols is 1. The molecule has 0 saturated carbocycles. The first-order valence-corrected chi connectivity index (χ1v) is 11.2. The number of halogens is 3. The summed E-state index contributed by atoms with van der Waals surface area (Å²) in [6.07, 6.45) is -4.62. The second kappa shape index (κ2) is 9.12. The zero-order chi connectivity index (χ0) is 23.5. The number of nitrogens with zero attached hydrogens (tertiary/aromatic N) is 1. The van der Waals surface area contributed by atoms with Crippen LogP contribution in [0.3, 0.4) is 0 Å². The summed E-state index contributed by atoms with van der Waals surface area (Å²) >= 11 is 0. The number of benzene rings is 3. The molecule has 0 bridgehead atoms. The number of phenolic OH excluding ortho intramolecular Hbond substituents is 1. The third-order valence-corrected chi connectivity index (χ3v) is 6.63. The summed E-state index contributed by atoms with van der Waals surface area (Å²) in [7, 11) is -4.16. The van der Waals surface area contributed by atoms with Crippen molar-refractivity contribution in [2.45, 2.75) is 37.6 Å². The van der Waals surface area contributed by atoms with Crippen LogP contribution in [0.4, 0.5) is 18.9 Å². The molecule has 3 aromatic carbocycles. The lowest BCUT2D eigenvalue weighted by atomic mass is 10.1. The molecule has 0 aliphatic rings. The molecule has 0 saturated heterocycles. The number of alkyl halides is 3. The van der Waals surface area contributed by atoms with E-state index in [-0.39, 0.29) is 28.7 Å². The predicted molar refractivity (Wildman–Crippen MR) is 115 cm³/mol. The van der Waals surface area contributed by atoms with E-state index < -0.39 is 27.8 Å². The summed E-state index contributed by atoms with van der Waals surface area (Å²) in [6.45, 7) is 3.17. The second-order valence-corrected chi connectivity index (χ2v) is 9.16. The Labute approximate surface area is 184 Å². The monoisotopic (exact) mass is 465 g/mol. The van der Waals surface area contributed by atoms with E-state index in [0.29, 0.717) is 5.56 Å². The summed E-state index contributed by atoms with van der Waals surface area (Å²) in [4.78, 5) is -0.113. The van der Waals surface area contributed by atoms with E-state index in [1.54, 1.807) is 44.2 Å². The Morgan fingerprint density at radius 3 is 2.16 bits per heavy atom. The molecule has 0 fully saturated rings. The number of sulfonamides is 1. The van der Waals surface area contributed by atoms with Gasteiger partial charge in [0.1, 0.15) is 18.1 Å². The summed E-state index contributed by atoms with van der Waals surface area (Å²) in [5.41, 5.74) is -0.250. The quantitative estimate of drug-likeness (QED) is 0.494. The largest absolute Gasteiger partial charge is 0.508 e. The van der Waals surface area contributed by atoms with Crippen molar-refractivity contribution in [1.29, 1.82) is 0 Å². The molecule has 3 aromatic rings. The molecule has 0 amide bonds. The number of rotatable bonds is 7. The molecule has 5 nitrogen and oxygen atoms in total. The smallest absolute Gasteiger partial charge is 0.416 e. The van der Waals surface area contributed by atoms with Crippen LogP contribution in [-0.2, 0) is 22.8 Å². The summed E-state index contributed by atoms with van der Waals surface area (Å²) in [5, 5.41) is 9.48. The third-order valence-electron chi connectivity index (χ3n) is 4.62. The van der Waals surface area contributed by atoms with Crippen molar-refractivity contribution in [3.05, 3.63) is 83.9 Å². The number of ether oxygens (including phenoxy) is 1. The van der Waals surface area contributed by atoms with Gasteiger partial charge in [-0.15, -0.1) is 0 Å². The number of anilines is 1.